The number of nitrogens with zero attached hydrogens (tertiary/aromatic N) is 2. The summed E-state index contributed by atoms with van der Waals surface area (Å²) in [7, 11) is 1.78. The molecule has 0 saturated carbocycles. The molecule has 1 aliphatic rings. The Hall–Kier alpha value is -1.61. The van der Waals surface area contributed by atoms with Gasteiger partial charge >= 0.3 is 0 Å². The fourth-order valence-electron chi connectivity index (χ4n) is 3.72. The highest BCUT2D eigenvalue weighted by Gasteiger charge is 2.35. The lowest BCUT2D eigenvalue weighted by Gasteiger charge is -2.39. The van der Waals surface area contributed by atoms with Crippen LogP contribution >= 0.6 is 24.0 Å². The average Bonchev–Trinajstić information content (AvgIpc) is 3.00. The Morgan fingerprint density at radius 2 is 1.86 bits per heavy atom. The first-order chi connectivity index (χ1) is 13.0. The molecule has 6 nitrogen and oxygen atoms in total. The topological polar surface area (TPSA) is 71.7 Å². The summed E-state index contributed by atoms with van der Waals surface area (Å²) in [4.78, 5) is 8.77. The quantitative estimate of drug-likeness (QED) is 0.375. The maximum absolute atomic E-state index is 5.64. The SMILES string of the molecule is CN=C(NCc1nc(C)c(C)o1)NCC1(c2ccccc2C)CCOCC1.I. The highest BCUT2D eigenvalue weighted by atomic mass is 127. The van der Waals surface area contributed by atoms with E-state index in [2.05, 4.69) is 51.8 Å². The minimum atomic E-state index is 0. The summed E-state index contributed by atoms with van der Waals surface area (Å²) in [6.45, 7) is 8.96. The number of guanidine groups is 1. The normalized spacial score (nSPS) is 16.4. The number of hydrogen-bond donors (Lipinski definition) is 2. The third kappa shape index (κ3) is 5.26. The summed E-state index contributed by atoms with van der Waals surface area (Å²) in [5, 5.41) is 6.81. The first-order valence-electron chi connectivity index (χ1n) is 9.55. The Morgan fingerprint density at radius 1 is 1.14 bits per heavy atom. The molecule has 1 saturated heterocycles. The predicted molar refractivity (Wildman–Crippen MR) is 123 cm³/mol. The molecule has 2 heterocycles. The van der Waals surface area contributed by atoms with E-state index in [1.165, 1.54) is 11.1 Å². The van der Waals surface area contributed by atoms with Crippen molar-refractivity contribution in [2.75, 3.05) is 26.8 Å². The first kappa shape index (κ1) is 22.7. The van der Waals surface area contributed by atoms with Crippen LogP contribution < -0.4 is 10.6 Å². The van der Waals surface area contributed by atoms with Crippen LogP contribution in [0.15, 0.2) is 33.7 Å². The van der Waals surface area contributed by atoms with Crippen molar-refractivity contribution >= 4 is 29.9 Å². The summed E-state index contributed by atoms with van der Waals surface area (Å²) in [5.41, 5.74) is 3.71. The van der Waals surface area contributed by atoms with Crippen molar-refractivity contribution in [1.82, 2.24) is 15.6 Å². The van der Waals surface area contributed by atoms with E-state index in [9.17, 15) is 0 Å². The number of hydrogen-bond acceptors (Lipinski definition) is 4. The highest BCUT2D eigenvalue weighted by Crippen LogP contribution is 2.36. The molecule has 0 unspecified atom stereocenters. The second kappa shape index (κ2) is 10.2. The number of aliphatic imine (C=N–C) groups is 1. The summed E-state index contributed by atoms with van der Waals surface area (Å²) >= 11 is 0. The lowest BCUT2D eigenvalue weighted by atomic mass is 9.72. The molecule has 3 rings (SSSR count). The molecular weight excluding hydrogens is 467 g/mol. The molecule has 2 N–H and O–H groups in total. The van der Waals surface area contributed by atoms with Gasteiger partial charge in [0, 0.05) is 32.2 Å². The third-order valence-electron chi connectivity index (χ3n) is 5.46. The molecule has 0 aliphatic carbocycles. The van der Waals surface area contributed by atoms with Crippen LogP contribution in [-0.2, 0) is 16.7 Å². The molecule has 0 atom stereocenters. The van der Waals surface area contributed by atoms with Crippen molar-refractivity contribution in [3.8, 4) is 0 Å². The molecule has 1 fully saturated rings. The lowest BCUT2D eigenvalue weighted by Crippen LogP contribution is -2.48. The molecule has 2 aromatic rings. The van der Waals surface area contributed by atoms with Gasteiger partial charge in [-0.2, -0.15) is 0 Å². The summed E-state index contributed by atoms with van der Waals surface area (Å²) in [6.07, 6.45) is 2.00. The van der Waals surface area contributed by atoms with Crippen molar-refractivity contribution in [3.05, 3.63) is 52.7 Å². The van der Waals surface area contributed by atoms with E-state index in [0.717, 1.165) is 50.0 Å². The van der Waals surface area contributed by atoms with E-state index in [4.69, 9.17) is 9.15 Å². The third-order valence-corrected chi connectivity index (χ3v) is 5.46. The zero-order valence-corrected chi connectivity index (χ0v) is 19.5. The highest BCUT2D eigenvalue weighted by molar-refractivity contribution is 14.0. The van der Waals surface area contributed by atoms with E-state index in [-0.39, 0.29) is 29.4 Å². The Labute approximate surface area is 184 Å². The Morgan fingerprint density at radius 3 is 2.46 bits per heavy atom. The second-order valence-corrected chi connectivity index (χ2v) is 7.24. The van der Waals surface area contributed by atoms with Crippen molar-refractivity contribution in [1.29, 1.82) is 0 Å². The molecule has 1 aromatic carbocycles. The molecule has 7 heteroatoms. The number of rotatable bonds is 5. The zero-order valence-electron chi connectivity index (χ0n) is 17.2. The van der Waals surface area contributed by atoms with Gasteiger partial charge in [-0.25, -0.2) is 4.98 Å². The largest absolute Gasteiger partial charge is 0.444 e. The average molecular weight is 498 g/mol. The van der Waals surface area contributed by atoms with Crippen molar-refractivity contribution in [3.63, 3.8) is 0 Å². The Bertz CT molecular complexity index is 778. The maximum atomic E-state index is 5.64. The maximum Gasteiger partial charge on any atom is 0.214 e. The van der Waals surface area contributed by atoms with E-state index < -0.39 is 0 Å². The molecule has 154 valence electrons. The van der Waals surface area contributed by atoms with Gasteiger partial charge in [0.1, 0.15) is 5.76 Å². The Balaban J connectivity index is 0.00000280. The minimum absolute atomic E-state index is 0. The van der Waals surface area contributed by atoms with E-state index in [0.29, 0.717) is 12.4 Å². The van der Waals surface area contributed by atoms with Crippen LogP contribution in [0.1, 0.15) is 41.3 Å². The molecule has 28 heavy (non-hydrogen) atoms. The molecule has 1 aliphatic heterocycles. The van der Waals surface area contributed by atoms with Gasteiger partial charge in [0.2, 0.25) is 5.89 Å². The Kier molecular flexibility index (Phi) is 8.30. The predicted octanol–water partition coefficient (Wildman–Crippen LogP) is 3.63. The van der Waals surface area contributed by atoms with Crippen LogP contribution in [0.25, 0.3) is 0 Å². The molecular formula is C21H31IN4O2. The van der Waals surface area contributed by atoms with Crippen LogP contribution in [0.2, 0.25) is 0 Å². The van der Waals surface area contributed by atoms with Crippen LogP contribution in [-0.4, -0.2) is 37.7 Å². The molecule has 0 radical (unpaired) electrons. The number of nitrogens with one attached hydrogen (secondary N) is 2. The zero-order chi connectivity index (χ0) is 19.3. The monoisotopic (exact) mass is 498 g/mol. The number of halogens is 1. The van der Waals surface area contributed by atoms with Crippen LogP contribution in [0, 0.1) is 20.8 Å². The van der Waals surface area contributed by atoms with Gasteiger partial charge in [-0.3, -0.25) is 4.99 Å². The summed E-state index contributed by atoms with van der Waals surface area (Å²) in [5.74, 6) is 2.28. The summed E-state index contributed by atoms with van der Waals surface area (Å²) in [6, 6.07) is 8.66. The smallest absolute Gasteiger partial charge is 0.214 e. The van der Waals surface area contributed by atoms with E-state index in [1.807, 2.05) is 13.8 Å². The van der Waals surface area contributed by atoms with Crippen molar-refractivity contribution in [2.24, 2.45) is 4.99 Å². The minimum Gasteiger partial charge on any atom is -0.444 e. The van der Waals surface area contributed by atoms with Gasteiger partial charge in [0.05, 0.1) is 12.2 Å². The van der Waals surface area contributed by atoms with E-state index in [1.54, 1.807) is 7.05 Å². The van der Waals surface area contributed by atoms with Crippen LogP contribution in [0.4, 0.5) is 0 Å². The molecule has 0 bridgehead atoms. The number of benzene rings is 1. The summed E-state index contributed by atoms with van der Waals surface area (Å²) < 4.78 is 11.3. The number of aryl methyl sites for hydroxylation is 3. The lowest BCUT2D eigenvalue weighted by molar-refractivity contribution is 0.0512. The molecule has 1 aromatic heterocycles. The number of ether oxygens (including phenoxy) is 1. The fourth-order valence-corrected chi connectivity index (χ4v) is 3.72. The first-order valence-corrected chi connectivity index (χ1v) is 9.55. The molecule has 0 spiro atoms. The molecule has 0 amide bonds. The van der Waals surface area contributed by atoms with Crippen LogP contribution in [0.5, 0.6) is 0 Å². The van der Waals surface area contributed by atoms with Gasteiger partial charge in [-0.1, -0.05) is 24.3 Å². The fraction of sp³-hybridized carbons (Fsp3) is 0.524. The number of oxazole rings is 1. The van der Waals surface area contributed by atoms with E-state index >= 15 is 0 Å². The van der Waals surface area contributed by atoms with Gasteiger partial charge in [-0.15, -0.1) is 24.0 Å². The second-order valence-electron chi connectivity index (χ2n) is 7.24. The van der Waals surface area contributed by atoms with Crippen molar-refractivity contribution in [2.45, 2.75) is 45.6 Å². The van der Waals surface area contributed by atoms with Gasteiger partial charge < -0.3 is 19.8 Å². The van der Waals surface area contributed by atoms with Gasteiger partial charge in [-0.05, 0) is 44.7 Å². The standard InChI is InChI=1S/C21H30N4O2.HI/c1-15-7-5-6-8-18(15)21(9-11-26-12-10-21)14-24-20(22-4)23-13-19-25-16(2)17(3)27-19;/h5-8H,9-14H2,1-4H3,(H2,22,23,24);1H. The van der Waals surface area contributed by atoms with Gasteiger partial charge in [0.15, 0.2) is 5.96 Å². The van der Waals surface area contributed by atoms with Crippen molar-refractivity contribution < 1.29 is 9.15 Å². The van der Waals surface area contributed by atoms with Crippen LogP contribution in [0.3, 0.4) is 0 Å². The van der Waals surface area contributed by atoms with Gasteiger partial charge in [0.25, 0.3) is 0 Å². The number of aromatic nitrogens is 1.